The highest BCUT2D eigenvalue weighted by Crippen LogP contribution is 2.38. The van der Waals surface area contributed by atoms with Crippen molar-refractivity contribution in [3.63, 3.8) is 0 Å². The minimum atomic E-state index is -4.59. The molecule has 9 heteroatoms. The van der Waals surface area contributed by atoms with Crippen molar-refractivity contribution in [2.45, 2.75) is 238 Å². The second-order valence-corrected chi connectivity index (χ2v) is 19.9. The second kappa shape index (κ2) is 43.7. The SMILES string of the molecule is CCCCCCC/C=C\C/C=C\C/C=C\CCCCCCCCCCCCCCC(=O)NC(COP(=O)([O-])OCC[N+](C)(C)C)C(O)/C=C/CCCCCCCCCCCC. The van der Waals surface area contributed by atoms with Crippen molar-refractivity contribution in [2.75, 3.05) is 40.9 Å². The van der Waals surface area contributed by atoms with Crippen molar-refractivity contribution >= 4 is 13.7 Å². The summed E-state index contributed by atoms with van der Waals surface area (Å²) in [5, 5.41) is 13.8. The minimum absolute atomic E-state index is 0.00216. The van der Waals surface area contributed by atoms with E-state index in [9.17, 15) is 19.4 Å². The van der Waals surface area contributed by atoms with Gasteiger partial charge in [0.25, 0.3) is 7.82 Å². The lowest BCUT2D eigenvalue weighted by Crippen LogP contribution is -2.45. The van der Waals surface area contributed by atoms with Gasteiger partial charge in [-0.3, -0.25) is 9.36 Å². The Morgan fingerprint density at radius 1 is 0.574 bits per heavy atom. The number of carbonyl (C=O) groups is 1. The van der Waals surface area contributed by atoms with Gasteiger partial charge in [0.2, 0.25) is 5.91 Å². The Morgan fingerprint density at radius 2 is 0.951 bits per heavy atom. The molecule has 2 N–H and O–H groups in total. The highest BCUT2D eigenvalue weighted by Gasteiger charge is 2.23. The van der Waals surface area contributed by atoms with Gasteiger partial charge in [-0.05, 0) is 57.8 Å². The maximum absolute atomic E-state index is 12.9. The molecule has 0 spiro atoms. The first-order valence-corrected chi connectivity index (χ1v) is 27.0. The topological polar surface area (TPSA) is 108 Å². The van der Waals surface area contributed by atoms with E-state index >= 15 is 0 Å². The molecule has 61 heavy (non-hydrogen) atoms. The Balaban J connectivity index is 4.18. The Morgan fingerprint density at radius 3 is 1.38 bits per heavy atom. The van der Waals surface area contributed by atoms with Crippen LogP contribution in [0.15, 0.2) is 48.6 Å². The second-order valence-electron chi connectivity index (χ2n) is 18.5. The summed E-state index contributed by atoms with van der Waals surface area (Å²) in [4.78, 5) is 25.4. The molecule has 0 saturated heterocycles. The van der Waals surface area contributed by atoms with E-state index in [0.29, 0.717) is 17.4 Å². The summed E-state index contributed by atoms with van der Waals surface area (Å²) in [6.07, 6.45) is 56.0. The minimum Gasteiger partial charge on any atom is -0.756 e. The van der Waals surface area contributed by atoms with Crippen LogP contribution in [0.1, 0.15) is 226 Å². The number of hydrogen-bond donors (Lipinski definition) is 2. The molecule has 0 aliphatic heterocycles. The van der Waals surface area contributed by atoms with Crippen molar-refractivity contribution in [2.24, 2.45) is 0 Å². The number of aliphatic hydroxyl groups excluding tert-OH is 1. The molecule has 0 saturated carbocycles. The van der Waals surface area contributed by atoms with Crippen molar-refractivity contribution in [3.8, 4) is 0 Å². The first kappa shape index (κ1) is 59.5. The number of aliphatic hydroxyl groups is 1. The first-order chi connectivity index (χ1) is 29.5. The fourth-order valence-electron chi connectivity index (χ4n) is 7.22. The largest absolute Gasteiger partial charge is 0.756 e. The van der Waals surface area contributed by atoms with Gasteiger partial charge in [0, 0.05) is 6.42 Å². The number of likely N-dealkylation sites (N-methyl/N-ethyl adjacent to an activating group) is 1. The third-order valence-corrected chi connectivity index (χ3v) is 12.2. The highest BCUT2D eigenvalue weighted by atomic mass is 31.2. The van der Waals surface area contributed by atoms with E-state index in [4.69, 9.17) is 9.05 Å². The summed E-state index contributed by atoms with van der Waals surface area (Å²) < 4.78 is 23.2. The first-order valence-electron chi connectivity index (χ1n) is 25.5. The van der Waals surface area contributed by atoms with Gasteiger partial charge < -0.3 is 28.8 Å². The summed E-state index contributed by atoms with van der Waals surface area (Å²) in [6, 6.07) is -0.887. The molecule has 8 nitrogen and oxygen atoms in total. The zero-order chi connectivity index (χ0) is 45.0. The van der Waals surface area contributed by atoms with Crippen LogP contribution < -0.4 is 10.2 Å². The number of phosphoric ester groups is 1. The average molecular weight is 879 g/mol. The van der Waals surface area contributed by atoms with Crippen LogP contribution in [-0.2, 0) is 18.4 Å². The normalized spacial score (nSPS) is 14.5. The number of unbranched alkanes of at least 4 members (excludes halogenated alkanes) is 27. The maximum atomic E-state index is 12.9. The quantitative estimate of drug-likeness (QED) is 0.0273. The number of rotatable bonds is 46. The molecule has 0 aliphatic rings. The van der Waals surface area contributed by atoms with Crippen molar-refractivity contribution in [1.82, 2.24) is 5.32 Å². The number of phosphoric acid groups is 1. The number of nitrogens with one attached hydrogen (secondary N) is 1. The fraction of sp³-hybridized carbons (Fsp3) is 0.827. The maximum Gasteiger partial charge on any atom is 0.268 e. The van der Waals surface area contributed by atoms with Gasteiger partial charge in [-0.25, -0.2) is 0 Å². The van der Waals surface area contributed by atoms with Gasteiger partial charge in [-0.2, -0.15) is 0 Å². The van der Waals surface area contributed by atoms with Crippen molar-refractivity contribution < 1.29 is 32.9 Å². The molecule has 0 aromatic heterocycles. The van der Waals surface area contributed by atoms with Crippen LogP contribution in [0.4, 0.5) is 0 Å². The lowest BCUT2D eigenvalue weighted by Gasteiger charge is -2.29. The number of nitrogens with zero attached hydrogens (tertiary/aromatic N) is 1. The van der Waals surface area contributed by atoms with E-state index in [1.54, 1.807) is 6.08 Å². The van der Waals surface area contributed by atoms with Gasteiger partial charge in [0.05, 0.1) is 39.9 Å². The molecule has 358 valence electrons. The predicted molar refractivity (Wildman–Crippen MR) is 261 cm³/mol. The summed E-state index contributed by atoms with van der Waals surface area (Å²) >= 11 is 0. The van der Waals surface area contributed by atoms with Gasteiger partial charge in [-0.1, -0.05) is 210 Å². The van der Waals surface area contributed by atoms with E-state index < -0.39 is 20.0 Å². The van der Waals surface area contributed by atoms with Crippen LogP contribution in [0.25, 0.3) is 0 Å². The number of quaternary nitrogens is 1. The van der Waals surface area contributed by atoms with Gasteiger partial charge in [0.1, 0.15) is 13.2 Å². The molecule has 0 aromatic rings. The van der Waals surface area contributed by atoms with E-state index in [2.05, 4.69) is 55.6 Å². The fourth-order valence-corrected chi connectivity index (χ4v) is 7.94. The highest BCUT2D eigenvalue weighted by molar-refractivity contribution is 7.45. The number of hydrogen-bond acceptors (Lipinski definition) is 6. The molecule has 1 amide bonds. The summed E-state index contributed by atoms with van der Waals surface area (Å²) in [5.74, 6) is -0.201. The van der Waals surface area contributed by atoms with Crippen LogP contribution in [-0.4, -0.2) is 68.5 Å². The van der Waals surface area contributed by atoms with Gasteiger partial charge in [0.15, 0.2) is 0 Å². The summed E-state index contributed by atoms with van der Waals surface area (Å²) in [6.45, 7) is 4.63. The van der Waals surface area contributed by atoms with Crippen molar-refractivity contribution in [1.29, 1.82) is 0 Å². The van der Waals surface area contributed by atoms with E-state index in [-0.39, 0.29) is 19.1 Å². The van der Waals surface area contributed by atoms with E-state index in [1.807, 2.05) is 27.2 Å². The lowest BCUT2D eigenvalue weighted by molar-refractivity contribution is -0.870. The Kier molecular flexibility index (Phi) is 42.6. The average Bonchev–Trinajstić information content (AvgIpc) is 3.21. The smallest absolute Gasteiger partial charge is 0.268 e. The molecular weight excluding hydrogens is 780 g/mol. The molecular formula is C52H99N2O6P. The summed E-state index contributed by atoms with van der Waals surface area (Å²) in [5.41, 5.74) is 0. The van der Waals surface area contributed by atoms with Crippen molar-refractivity contribution in [3.05, 3.63) is 48.6 Å². The third-order valence-electron chi connectivity index (χ3n) is 11.3. The molecule has 0 radical (unpaired) electrons. The molecule has 3 unspecified atom stereocenters. The molecule has 0 aromatic carbocycles. The molecule has 0 bridgehead atoms. The van der Waals surface area contributed by atoms with Gasteiger partial charge >= 0.3 is 0 Å². The van der Waals surface area contributed by atoms with Crippen LogP contribution in [0.2, 0.25) is 0 Å². The molecule has 0 rings (SSSR count). The van der Waals surface area contributed by atoms with E-state index in [0.717, 1.165) is 51.4 Å². The number of allylic oxidation sites excluding steroid dienone is 7. The Bertz CT molecular complexity index is 1130. The number of amides is 1. The van der Waals surface area contributed by atoms with Crippen LogP contribution in [0.5, 0.6) is 0 Å². The van der Waals surface area contributed by atoms with Crippen LogP contribution in [0.3, 0.4) is 0 Å². The molecule has 3 atom stereocenters. The predicted octanol–water partition coefficient (Wildman–Crippen LogP) is 14.2. The number of carbonyl (C=O) groups excluding carboxylic acids is 1. The monoisotopic (exact) mass is 879 g/mol. The van der Waals surface area contributed by atoms with E-state index in [1.165, 1.54) is 154 Å². The van der Waals surface area contributed by atoms with Gasteiger partial charge in [-0.15, -0.1) is 0 Å². The standard InChI is InChI=1S/C52H99N2O6P/c1-6-8-10-12-14-16-18-20-21-22-23-24-25-26-27-28-29-30-31-32-33-34-36-38-40-42-44-46-52(56)53-50(49-60-61(57,58)59-48-47-54(3,4)5)51(55)45-43-41-39-37-35-19-17-15-13-11-9-7-2/h18,20,22-23,25-26,43,45,50-51,55H,6-17,19,21,24,27-42,44,46-49H2,1-5H3,(H-,53,56,57,58)/b20-18-,23-22-,26-25-,45-43+. The lowest BCUT2D eigenvalue weighted by atomic mass is 10.0. The molecule has 0 aliphatic carbocycles. The zero-order valence-corrected chi connectivity index (χ0v) is 41.5. The molecule has 0 heterocycles. The van der Waals surface area contributed by atoms with Crippen LogP contribution >= 0.6 is 7.82 Å². The Hall–Kier alpha value is -1.54. The third kappa shape index (κ3) is 46.3. The summed E-state index contributed by atoms with van der Waals surface area (Å²) in [7, 11) is 1.26. The molecule has 0 fully saturated rings. The van der Waals surface area contributed by atoms with Crippen LogP contribution in [0, 0.1) is 0 Å². The Labute approximate surface area is 378 Å². The zero-order valence-electron chi connectivity index (χ0n) is 40.6.